The van der Waals surface area contributed by atoms with E-state index in [0.717, 1.165) is 28.0 Å². The van der Waals surface area contributed by atoms with Crippen LogP contribution in [0.3, 0.4) is 0 Å². The fourth-order valence-electron chi connectivity index (χ4n) is 3.46. The molecule has 5 nitrogen and oxygen atoms in total. The number of rotatable bonds is 5. The van der Waals surface area contributed by atoms with Crippen LogP contribution in [0, 0.1) is 13.8 Å². The zero-order valence-corrected chi connectivity index (χ0v) is 17.1. The van der Waals surface area contributed by atoms with Crippen LogP contribution in [-0.4, -0.2) is 23.2 Å². The van der Waals surface area contributed by atoms with Crippen LogP contribution in [0.15, 0.2) is 72.9 Å². The van der Waals surface area contributed by atoms with Gasteiger partial charge in [-0.2, -0.15) is 0 Å². The third-order valence-corrected chi connectivity index (χ3v) is 5.27. The number of pyridine rings is 1. The summed E-state index contributed by atoms with van der Waals surface area (Å²) in [6.45, 7) is 3.97. The molecule has 0 radical (unpaired) electrons. The molecular weight excluding hydrogens is 376 g/mol. The number of nitrogens with zero attached hydrogens (tertiary/aromatic N) is 1. The molecule has 5 heteroatoms. The maximum atomic E-state index is 13.2. The second-order valence-corrected chi connectivity index (χ2v) is 7.21. The molecule has 1 amide bonds. The van der Waals surface area contributed by atoms with E-state index in [-0.39, 0.29) is 0 Å². The molecule has 30 heavy (non-hydrogen) atoms. The summed E-state index contributed by atoms with van der Waals surface area (Å²) in [4.78, 5) is 26.1. The van der Waals surface area contributed by atoms with Crippen molar-refractivity contribution in [2.24, 2.45) is 0 Å². The van der Waals surface area contributed by atoms with E-state index in [2.05, 4.69) is 5.32 Å². The maximum absolute atomic E-state index is 13.2. The second kappa shape index (κ2) is 7.87. The van der Waals surface area contributed by atoms with Crippen LogP contribution in [0.1, 0.15) is 21.6 Å². The minimum atomic E-state index is -0.670. The number of hydrogen-bond acceptors (Lipinski definition) is 3. The molecule has 2 heterocycles. The monoisotopic (exact) mass is 398 g/mol. The number of ketones is 1. The van der Waals surface area contributed by atoms with Crippen molar-refractivity contribution in [1.29, 1.82) is 0 Å². The van der Waals surface area contributed by atoms with E-state index in [1.807, 2.05) is 74.5 Å². The molecule has 0 bridgehead atoms. The van der Waals surface area contributed by atoms with Crippen molar-refractivity contribution < 1.29 is 14.3 Å². The number of benzene rings is 2. The normalized spacial score (nSPS) is 10.8. The smallest absolute Gasteiger partial charge is 0.298 e. The van der Waals surface area contributed by atoms with Crippen molar-refractivity contribution in [3.05, 3.63) is 89.7 Å². The van der Waals surface area contributed by atoms with E-state index < -0.39 is 11.7 Å². The molecule has 0 aliphatic heterocycles. The molecule has 0 fully saturated rings. The average molecular weight is 398 g/mol. The first kappa shape index (κ1) is 19.5. The third-order valence-electron chi connectivity index (χ3n) is 5.27. The van der Waals surface area contributed by atoms with Gasteiger partial charge in [-0.3, -0.25) is 9.59 Å². The van der Waals surface area contributed by atoms with Gasteiger partial charge in [-0.25, -0.2) is 0 Å². The first-order valence-corrected chi connectivity index (χ1v) is 9.65. The largest absolute Gasteiger partial charge is 0.497 e. The van der Waals surface area contributed by atoms with Crippen molar-refractivity contribution in [2.45, 2.75) is 13.8 Å². The third kappa shape index (κ3) is 3.57. The Morgan fingerprint density at radius 2 is 1.67 bits per heavy atom. The van der Waals surface area contributed by atoms with Gasteiger partial charge in [0.25, 0.3) is 11.7 Å². The minimum absolute atomic E-state index is 0.331. The van der Waals surface area contributed by atoms with Gasteiger partial charge in [0.1, 0.15) is 11.4 Å². The Labute approximate surface area is 174 Å². The molecule has 150 valence electrons. The Kier molecular flexibility index (Phi) is 5.11. The van der Waals surface area contributed by atoms with Gasteiger partial charge in [0.15, 0.2) is 0 Å². The van der Waals surface area contributed by atoms with E-state index in [1.165, 1.54) is 0 Å². The van der Waals surface area contributed by atoms with Crippen molar-refractivity contribution in [1.82, 2.24) is 4.40 Å². The molecule has 4 aromatic rings. The molecule has 1 N–H and O–H groups in total. The molecule has 0 unspecified atom stereocenters. The standard InChI is InChI=1S/C25H22N2O3/c1-16-7-10-19(14-17(16)2)26-25(29)24(28)23-22(15-20-6-4-5-13-27(20)23)18-8-11-21(30-3)12-9-18/h4-15H,1-3H3,(H,26,29). The Morgan fingerprint density at radius 3 is 2.37 bits per heavy atom. The Bertz CT molecular complexity index is 1250. The van der Waals surface area contributed by atoms with Gasteiger partial charge < -0.3 is 14.5 Å². The van der Waals surface area contributed by atoms with Gasteiger partial charge in [0, 0.05) is 23.0 Å². The summed E-state index contributed by atoms with van der Waals surface area (Å²) in [6.07, 6.45) is 1.79. The van der Waals surface area contributed by atoms with Gasteiger partial charge in [-0.1, -0.05) is 24.3 Å². The highest BCUT2D eigenvalue weighted by Gasteiger charge is 2.25. The topological polar surface area (TPSA) is 59.8 Å². The van der Waals surface area contributed by atoms with Crippen LogP contribution in [-0.2, 0) is 4.79 Å². The Hall–Kier alpha value is -3.86. The lowest BCUT2D eigenvalue weighted by molar-refractivity contribution is -0.112. The summed E-state index contributed by atoms with van der Waals surface area (Å²) in [7, 11) is 1.60. The summed E-state index contributed by atoms with van der Waals surface area (Å²) >= 11 is 0. The minimum Gasteiger partial charge on any atom is -0.497 e. The zero-order chi connectivity index (χ0) is 21.3. The summed E-state index contributed by atoms with van der Waals surface area (Å²) < 4.78 is 6.98. The molecule has 4 rings (SSSR count). The van der Waals surface area contributed by atoms with Crippen molar-refractivity contribution >= 4 is 22.9 Å². The Morgan fingerprint density at radius 1 is 0.900 bits per heavy atom. The number of aryl methyl sites for hydroxylation is 2. The predicted molar refractivity (Wildman–Crippen MR) is 118 cm³/mol. The number of nitrogens with one attached hydrogen (secondary N) is 1. The predicted octanol–water partition coefficient (Wildman–Crippen LogP) is 5.05. The highest BCUT2D eigenvalue weighted by molar-refractivity contribution is 6.47. The highest BCUT2D eigenvalue weighted by Crippen LogP contribution is 2.30. The molecule has 0 spiro atoms. The van der Waals surface area contributed by atoms with Crippen LogP contribution in [0.2, 0.25) is 0 Å². The van der Waals surface area contributed by atoms with Crippen molar-refractivity contribution in [3.8, 4) is 16.9 Å². The number of carbonyl (C=O) groups excluding carboxylic acids is 2. The van der Waals surface area contributed by atoms with Crippen LogP contribution >= 0.6 is 0 Å². The fourth-order valence-corrected chi connectivity index (χ4v) is 3.46. The van der Waals surface area contributed by atoms with E-state index in [1.54, 1.807) is 23.8 Å². The number of carbonyl (C=O) groups is 2. The summed E-state index contributed by atoms with van der Waals surface area (Å²) in [5.74, 6) is -0.537. The summed E-state index contributed by atoms with van der Waals surface area (Å²) in [5.41, 5.74) is 5.47. The average Bonchev–Trinajstić information content (AvgIpc) is 3.15. The maximum Gasteiger partial charge on any atom is 0.298 e. The highest BCUT2D eigenvalue weighted by atomic mass is 16.5. The SMILES string of the molecule is COc1ccc(-c2cc3ccccn3c2C(=O)C(=O)Nc2ccc(C)c(C)c2)cc1. The summed E-state index contributed by atoms with van der Waals surface area (Å²) in [6, 6.07) is 20.6. The lowest BCUT2D eigenvalue weighted by Crippen LogP contribution is -2.24. The molecule has 2 aromatic carbocycles. The molecule has 0 aliphatic carbocycles. The summed E-state index contributed by atoms with van der Waals surface area (Å²) in [5, 5.41) is 2.74. The van der Waals surface area contributed by atoms with E-state index in [4.69, 9.17) is 4.74 Å². The second-order valence-electron chi connectivity index (χ2n) is 7.21. The number of methoxy groups -OCH3 is 1. The number of amides is 1. The van der Waals surface area contributed by atoms with Crippen LogP contribution in [0.4, 0.5) is 5.69 Å². The van der Waals surface area contributed by atoms with Gasteiger partial charge >= 0.3 is 0 Å². The van der Waals surface area contributed by atoms with E-state index >= 15 is 0 Å². The number of ether oxygens (including phenoxy) is 1. The van der Waals surface area contributed by atoms with Crippen LogP contribution in [0.25, 0.3) is 16.6 Å². The molecule has 0 atom stereocenters. The zero-order valence-electron chi connectivity index (χ0n) is 17.1. The fraction of sp³-hybridized carbons (Fsp3) is 0.120. The van der Waals surface area contributed by atoms with Gasteiger partial charge in [0.2, 0.25) is 0 Å². The number of anilines is 1. The van der Waals surface area contributed by atoms with Crippen molar-refractivity contribution in [3.63, 3.8) is 0 Å². The molecule has 0 aliphatic rings. The quantitative estimate of drug-likeness (QED) is 0.378. The Balaban J connectivity index is 1.75. The molecule has 2 aromatic heterocycles. The first-order chi connectivity index (χ1) is 14.5. The van der Waals surface area contributed by atoms with Gasteiger partial charge in [-0.15, -0.1) is 0 Å². The number of Topliss-reactive ketones (excluding diaryl/α,β-unsaturated/α-hetero) is 1. The van der Waals surface area contributed by atoms with E-state index in [9.17, 15) is 9.59 Å². The van der Waals surface area contributed by atoms with Gasteiger partial charge in [0.05, 0.1) is 7.11 Å². The van der Waals surface area contributed by atoms with Crippen LogP contribution < -0.4 is 10.1 Å². The first-order valence-electron chi connectivity index (χ1n) is 9.65. The van der Waals surface area contributed by atoms with E-state index in [0.29, 0.717) is 16.9 Å². The lowest BCUT2D eigenvalue weighted by Gasteiger charge is -2.09. The number of hydrogen-bond donors (Lipinski definition) is 1. The number of fused-ring (bicyclic) bond motifs is 1. The molecule has 0 saturated carbocycles. The molecule has 0 saturated heterocycles. The van der Waals surface area contributed by atoms with Crippen LogP contribution in [0.5, 0.6) is 5.75 Å². The number of aromatic nitrogens is 1. The van der Waals surface area contributed by atoms with Gasteiger partial charge in [-0.05, 0) is 73.0 Å². The van der Waals surface area contributed by atoms with Crippen molar-refractivity contribution in [2.75, 3.05) is 12.4 Å². The molecular formula is C25H22N2O3. The lowest BCUT2D eigenvalue weighted by atomic mass is 10.0.